The highest BCUT2D eigenvalue weighted by Gasteiger charge is 2.39. The molecule has 0 spiro atoms. The molecule has 4 heteroatoms. The molecule has 104 valence electrons. The highest BCUT2D eigenvalue weighted by molar-refractivity contribution is 5.83. The van der Waals surface area contributed by atoms with Crippen molar-refractivity contribution in [1.29, 1.82) is 0 Å². The Morgan fingerprint density at radius 2 is 1.95 bits per heavy atom. The molecule has 1 fully saturated rings. The van der Waals surface area contributed by atoms with E-state index in [-0.39, 0.29) is 12.5 Å². The van der Waals surface area contributed by atoms with Crippen LogP contribution in [0.15, 0.2) is 30.3 Å². The van der Waals surface area contributed by atoms with Crippen LogP contribution in [0.5, 0.6) is 0 Å². The Kier molecular flexibility index (Phi) is 4.56. The minimum absolute atomic E-state index is 0.0116. The van der Waals surface area contributed by atoms with Crippen LogP contribution in [-0.4, -0.2) is 24.1 Å². The molecule has 0 heterocycles. The van der Waals surface area contributed by atoms with Crippen LogP contribution in [0.2, 0.25) is 0 Å². The summed E-state index contributed by atoms with van der Waals surface area (Å²) in [6, 6.07) is 9.35. The summed E-state index contributed by atoms with van der Waals surface area (Å²) in [5.41, 5.74) is 6.17. The van der Waals surface area contributed by atoms with Crippen LogP contribution in [0.4, 0.5) is 0 Å². The van der Waals surface area contributed by atoms with Crippen molar-refractivity contribution >= 4 is 5.91 Å². The van der Waals surface area contributed by atoms with Crippen LogP contribution >= 0.6 is 0 Å². The molecule has 1 aromatic rings. The lowest BCUT2D eigenvalue weighted by Gasteiger charge is -2.26. The number of nitrogens with two attached hydrogens (primary N) is 1. The van der Waals surface area contributed by atoms with Gasteiger partial charge in [-0.1, -0.05) is 43.2 Å². The monoisotopic (exact) mass is 262 g/mol. The molecular formula is C15H22N2O2. The van der Waals surface area contributed by atoms with Crippen LogP contribution in [0.3, 0.4) is 0 Å². The zero-order valence-electron chi connectivity index (χ0n) is 11.1. The van der Waals surface area contributed by atoms with E-state index in [9.17, 15) is 9.90 Å². The van der Waals surface area contributed by atoms with Crippen molar-refractivity contribution in [1.82, 2.24) is 5.32 Å². The first kappa shape index (κ1) is 14.0. The first-order valence-electron chi connectivity index (χ1n) is 6.89. The van der Waals surface area contributed by atoms with Crippen molar-refractivity contribution in [2.75, 3.05) is 13.1 Å². The summed E-state index contributed by atoms with van der Waals surface area (Å²) in [6.45, 7) is 0.630. The second kappa shape index (κ2) is 6.17. The average molecular weight is 262 g/mol. The summed E-state index contributed by atoms with van der Waals surface area (Å²) >= 11 is 0. The van der Waals surface area contributed by atoms with E-state index in [2.05, 4.69) is 5.32 Å². The second-order valence-corrected chi connectivity index (χ2v) is 5.33. The Hall–Kier alpha value is -1.39. The lowest BCUT2D eigenvalue weighted by Crippen LogP contribution is -2.45. The smallest absolute Gasteiger partial charge is 0.227 e. The molecule has 1 unspecified atom stereocenters. The normalized spacial score (nSPS) is 19.1. The van der Waals surface area contributed by atoms with Crippen molar-refractivity contribution in [2.24, 2.45) is 11.1 Å². The Morgan fingerprint density at radius 1 is 1.32 bits per heavy atom. The van der Waals surface area contributed by atoms with Gasteiger partial charge < -0.3 is 16.2 Å². The minimum atomic E-state index is -0.665. The van der Waals surface area contributed by atoms with E-state index in [0.717, 1.165) is 31.2 Å². The zero-order chi connectivity index (χ0) is 13.7. The number of nitrogens with one attached hydrogen (secondary N) is 1. The fraction of sp³-hybridized carbons (Fsp3) is 0.533. The fourth-order valence-electron chi connectivity index (χ4n) is 2.75. The lowest BCUT2D eigenvalue weighted by atomic mass is 9.85. The van der Waals surface area contributed by atoms with E-state index < -0.39 is 11.5 Å². The summed E-state index contributed by atoms with van der Waals surface area (Å²) in [5, 5.41) is 12.9. The minimum Gasteiger partial charge on any atom is -0.387 e. The van der Waals surface area contributed by atoms with Crippen molar-refractivity contribution in [3.05, 3.63) is 35.9 Å². The molecule has 0 bridgehead atoms. The molecule has 0 saturated heterocycles. The van der Waals surface area contributed by atoms with Gasteiger partial charge in [-0.2, -0.15) is 0 Å². The van der Waals surface area contributed by atoms with Crippen molar-refractivity contribution in [3.8, 4) is 0 Å². The Morgan fingerprint density at radius 3 is 2.53 bits per heavy atom. The molecule has 0 radical (unpaired) electrons. The van der Waals surface area contributed by atoms with Gasteiger partial charge in [0.05, 0.1) is 11.5 Å². The molecule has 0 aromatic heterocycles. The molecular weight excluding hydrogens is 240 g/mol. The first-order valence-corrected chi connectivity index (χ1v) is 6.89. The lowest BCUT2D eigenvalue weighted by molar-refractivity contribution is -0.130. The van der Waals surface area contributed by atoms with Crippen LogP contribution in [0, 0.1) is 5.41 Å². The van der Waals surface area contributed by atoms with Gasteiger partial charge in [0.1, 0.15) is 0 Å². The number of aliphatic hydroxyl groups excluding tert-OH is 1. The standard InChI is InChI=1S/C15H22N2O2/c16-11-15(8-4-5-9-15)14(19)17-10-13(18)12-6-2-1-3-7-12/h1-3,6-7,13,18H,4-5,8-11,16H2,(H,17,19). The number of carbonyl (C=O) groups is 1. The molecule has 1 saturated carbocycles. The number of hydrogen-bond acceptors (Lipinski definition) is 3. The van der Waals surface area contributed by atoms with Gasteiger partial charge >= 0.3 is 0 Å². The maximum absolute atomic E-state index is 12.2. The van der Waals surface area contributed by atoms with E-state index in [1.54, 1.807) is 0 Å². The van der Waals surface area contributed by atoms with E-state index in [0.29, 0.717) is 6.54 Å². The van der Waals surface area contributed by atoms with E-state index >= 15 is 0 Å². The maximum Gasteiger partial charge on any atom is 0.227 e. The quantitative estimate of drug-likeness (QED) is 0.750. The predicted octanol–water partition coefficient (Wildman–Crippen LogP) is 1.36. The third-order valence-corrected chi connectivity index (χ3v) is 4.07. The summed E-state index contributed by atoms with van der Waals surface area (Å²) in [7, 11) is 0. The summed E-state index contributed by atoms with van der Waals surface area (Å²) in [6.07, 6.45) is 3.17. The summed E-state index contributed by atoms with van der Waals surface area (Å²) in [4.78, 5) is 12.2. The number of benzene rings is 1. The van der Waals surface area contributed by atoms with E-state index in [1.807, 2.05) is 30.3 Å². The van der Waals surface area contributed by atoms with Gasteiger partial charge in [-0.3, -0.25) is 4.79 Å². The molecule has 4 N–H and O–H groups in total. The Bertz CT molecular complexity index is 413. The number of carbonyl (C=O) groups excluding carboxylic acids is 1. The highest BCUT2D eigenvalue weighted by Crippen LogP contribution is 2.37. The number of aliphatic hydroxyl groups is 1. The average Bonchev–Trinajstić information content (AvgIpc) is 2.95. The van der Waals surface area contributed by atoms with Gasteiger partial charge in [-0.05, 0) is 18.4 Å². The number of hydrogen-bond donors (Lipinski definition) is 3. The Balaban J connectivity index is 1.90. The second-order valence-electron chi connectivity index (χ2n) is 5.33. The van der Waals surface area contributed by atoms with Crippen molar-refractivity contribution < 1.29 is 9.90 Å². The topological polar surface area (TPSA) is 75.4 Å². The molecule has 0 aliphatic heterocycles. The van der Waals surface area contributed by atoms with Crippen LogP contribution in [-0.2, 0) is 4.79 Å². The van der Waals surface area contributed by atoms with Gasteiger partial charge in [0.2, 0.25) is 5.91 Å². The molecule has 4 nitrogen and oxygen atoms in total. The van der Waals surface area contributed by atoms with E-state index in [1.165, 1.54) is 0 Å². The van der Waals surface area contributed by atoms with Crippen LogP contribution in [0.25, 0.3) is 0 Å². The van der Waals surface area contributed by atoms with Gasteiger partial charge in [0, 0.05) is 13.1 Å². The van der Waals surface area contributed by atoms with E-state index in [4.69, 9.17) is 5.73 Å². The van der Waals surface area contributed by atoms with Crippen molar-refractivity contribution in [2.45, 2.75) is 31.8 Å². The first-order chi connectivity index (χ1) is 9.18. The summed E-state index contributed by atoms with van der Waals surface area (Å²) < 4.78 is 0. The van der Waals surface area contributed by atoms with Gasteiger partial charge in [0.25, 0.3) is 0 Å². The largest absolute Gasteiger partial charge is 0.387 e. The van der Waals surface area contributed by atoms with Crippen LogP contribution in [0.1, 0.15) is 37.4 Å². The molecule has 1 amide bonds. The van der Waals surface area contributed by atoms with Crippen molar-refractivity contribution in [3.63, 3.8) is 0 Å². The molecule has 1 atom stereocenters. The van der Waals surface area contributed by atoms with Gasteiger partial charge in [-0.15, -0.1) is 0 Å². The molecule has 2 rings (SSSR count). The fourth-order valence-corrected chi connectivity index (χ4v) is 2.75. The Labute approximate surface area is 114 Å². The highest BCUT2D eigenvalue weighted by atomic mass is 16.3. The molecule has 1 aliphatic rings. The van der Waals surface area contributed by atoms with Gasteiger partial charge in [0.15, 0.2) is 0 Å². The third-order valence-electron chi connectivity index (χ3n) is 4.07. The maximum atomic E-state index is 12.2. The zero-order valence-corrected chi connectivity index (χ0v) is 11.1. The SMILES string of the molecule is NCC1(C(=O)NCC(O)c2ccccc2)CCCC1. The predicted molar refractivity (Wildman–Crippen MR) is 74.4 cm³/mol. The third kappa shape index (κ3) is 3.14. The number of amides is 1. The summed E-state index contributed by atoms with van der Waals surface area (Å²) in [5.74, 6) is -0.0116. The molecule has 19 heavy (non-hydrogen) atoms. The number of rotatable bonds is 5. The van der Waals surface area contributed by atoms with Crippen LogP contribution < -0.4 is 11.1 Å². The molecule has 1 aromatic carbocycles. The molecule has 1 aliphatic carbocycles. The van der Waals surface area contributed by atoms with Gasteiger partial charge in [-0.25, -0.2) is 0 Å².